The highest BCUT2D eigenvalue weighted by Crippen LogP contribution is 2.35. The summed E-state index contributed by atoms with van der Waals surface area (Å²) >= 11 is 0. The van der Waals surface area contributed by atoms with E-state index in [2.05, 4.69) is 0 Å². The van der Waals surface area contributed by atoms with Crippen LogP contribution in [-0.2, 0) is 22.7 Å². The zero-order valence-electron chi connectivity index (χ0n) is 16.3. The number of nitrogens with zero attached hydrogens (tertiary/aromatic N) is 3. The Hall–Kier alpha value is -2.59. The van der Waals surface area contributed by atoms with Crippen LogP contribution in [0.4, 0.5) is 18.0 Å². The van der Waals surface area contributed by atoms with E-state index in [4.69, 9.17) is 0 Å². The van der Waals surface area contributed by atoms with Crippen molar-refractivity contribution in [3.05, 3.63) is 65.7 Å². The first kappa shape index (κ1) is 22.1. The van der Waals surface area contributed by atoms with Crippen molar-refractivity contribution in [1.29, 1.82) is 0 Å². The number of carbonyl (C=O) groups excluding carboxylic acids is 1. The fraction of sp³-hybridized carbons (Fsp3) is 0.350. The van der Waals surface area contributed by atoms with Gasteiger partial charge in [-0.25, -0.2) is 13.2 Å². The van der Waals surface area contributed by atoms with Crippen molar-refractivity contribution in [3.8, 4) is 0 Å². The number of amides is 2. The molecule has 1 fully saturated rings. The Balaban J connectivity index is 1.67. The zero-order valence-corrected chi connectivity index (χ0v) is 17.2. The summed E-state index contributed by atoms with van der Waals surface area (Å²) in [6.45, 7) is 0.465. The summed E-state index contributed by atoms with van der Waals surface area (Å²) in [5, 5.41) is 0. The molecule has 0 unspecified atom stereocenters. The number of urea groups is 1. The normalized spacial score (nSPS) is 15.8. The molecular formula is C20H22F3N3O3S. The van der Waals surface area contributed by atoms with Crippen molar-refractivity contribution in [2.75, 3.05) is 33.2 Å². The van der Waals surface area contributed by atoms with Crippen molar-refractivity contribution < 1.29 is 26.4 Å². The Bertz CT molecular complexity index is 989. The molecular weight excluding hydrogens is 419 g/mol. The molecule has 162 valence electrons. The van der Waals surface area contributed by atoms with Crippen LogP contribution in [0.1, 0.15) is 11.1 Å². The van der Waals surface area contributed by atoms with Crippen LogP contribution in [0.2, 0.25) is 0 Å². The van der Waals surface area contributed by atoms with Gasteiger partial charge in [0.05, 0.1) is 10.5 Å². The summed E-state index contributed by atoms with van der Waals surface area (Å²) in [6.07, 6.45) is -4.78. The van der Waals surface area contributed by atoms with E-state index in [1.165, 1.54) is 15.9 Å². The van der Waals surface area contributed by atoms with Crippen molar-refractivity contribution in [3.63, 3.8) is 0 Å². The predicted molar refractivity (Wildman–Crippen MR) is 105 cm³/mol. The monoisotopic (exact) mass is 441 g/mol. The maximum atomic E-state index is 13.2. The van der Waals surface area contributed by atoms with Crippen molar-refractivity contribution in [2.24, 2.45) is 0 Å². The molecule has 2 amide bonds. The van der Waals surface area contributed by atoms with Crippen LogP contribution in [-0.4, -0.2) is 61.8 Å². The van der Waals surface area contributed by atoms with E-state index in [1.807, 2.05) is 30.3 Å². The molecule has 0 aromatic heterocycles. The molecule has 3 rings (SSSR count). The molecule has 1 heterocycles. The molecule has 0 saturated carbocycles. The van der Waals surface area contributed by atoms with Crippen molar-refractivity contribution in [2.45, 2.75) is 17.6 Å². The van der Waals surface area contributed by atoms with E-state index < -0.39 is 26.7 Å². The van der Waals surface area contributed by atoms with Crippen LogP contribution in [0.5, 0.6) is 0 Å². The molecule has 1 saturated heterocycles. The third-order valence-corrected chi connectivity index (χ3v) is 6.87. The lowest BCUT2D eigenvalue weighted by Crippen LogP contribution is -2.53. The average molecular weight is 441 g/mol. The SMILES string of the molecule is CN(Cc1ccccc1)C(=O)N1CCN(S(=O)(=O)c2ccccc2C(F)(F)F)CC1. The number of rotatable bonds is 4. The predicted octanol–water partition coefficient (Wildman–Crippen LogP) is 3.26. The van der Waals surface area contributed by atoms with Crippen LogP contribution >= 0.6 is 0 Å². The highest BCUT2D eigenvalue weighted by molar-refractivity contribution is 7.89. The Kier molecular flexibility index (Phi) is 6.37. The van der Waals surface area contributed by atoms with Gasteiger partial charge >= 0.3 is 12.2 Å². The highest BCUT2D eigenvalue weighted by Gasteiger charge is 2.39. The lowest BCUT2D eigenvalue weighted by Gasteiger charge is -2.36. The topological polar surface area (TPSA) is 60.9 Å². The molecule has 2 aromatic carbocycles. The maximum absolute atomic E-state index is 13.2. The van der Waals surface area contributed by atoms with E-state index in [0.717, 1.165) is 28.1 Å². The Morgan fingerprint density at radius 1 is 0.967 bits per heavy atom. The minimum atomic E-state index is -4.78. The van der Waals surface area contributed by atoms with Gasteiger partial charge in [0.15, 0.2) is 0 Å². The summed E-state index contributed by atoms with van der Waals surface area (Å²) in [4.78, 5) is 14.9. The fourth-order valence-electron chi connectivity index (χ4n) is 3.35. The fourth-order valence-corrected chi connectivity index (χ4v) is 4.99. The average Bonchev–Trinajstić information content (AvgIpc) is 2.73. The molecule has 0 aliphatic carbocycles. The van der Waals surface area contributed by atoms with Gasteiger partial charge < -0.3 is 9.80 Å². The quantitative estimate of drug-likeness (QED) is 0.732. The van der Waals surface area contributed by atoms with Crippen molar-refractivity contribution in [1.82, 2.24) is 14.1 Å². The standard InChI is InChI=1S/C20H22F3N3O3S/c1-24(15-16-7-3-2-4-8-16)19(27)25-11-13-26(14-12-25)30(28,29)18-10-6-5-9-17(18)20(21,22)23/h2-10H,11-15H2,1H3. The number of alkyl halides is 3. The highest BCUT2D eigenvalue weighted by atomic mass is 32.2. The summed E-state index contributed by atoms with van der Waals surface area (Å²) in [6, 6.07) is 13.3. The zero-order chi connectivity index (χ0) is 21.9. The molecule has 1 aliphatic rings. The number of hydrogen-bond acceptors (Lipinski definition) is 3. The molecule has 2 aromatic rings. The number of sulfonamides is 1. The molecule has 10 heteroatoms. The van der Waals surface area contributed by atoms with Gasteiger partial charge in [-0.3, -0.25) is 0 Å². The van der Waals surface area contributed by atoms with Crippen LogP contribution in [0.3, 0.4) is 0 Å². The lowest BCUT2D eigenvalue weighted by atomic mass is 10.2. The van der Waals surface area contributed by atoms with Crippen LogP contribution in [0.25, 0.3) is 0 Å². The number of hydrogen-bond donors (Lipinski definition) is 0. The summed E-state index contributed by atoms with van der Waals surface area (Å²) in [7, 11) is -2.68. The minimum Gasteiger partial charge on any atom is -0.323 e. The molecule has 0 atom stereocenters. The molecule has 0 radical (unpaired) electrons. The molecule has 0 bridgehead atoms. The molecule has 6 nitrogen and oxygen atoms in total. The van der Waals surface area contributed by atoms with Gasteiger partial charge in [-0.05, 0) is 17.7 Å². The number of benzene rings is 2. The first-order valence-electron chi connectivity index (χ1n) is 9.31. The first-order valence-corrected chi connectivity index (χ1v) is 10.7. The van der Waals surface area contributed by atoms with E-state index in [1.54, 1.807) is 7.05 Å². The molecule has 1 aliphatic heterocycles. The largest absolute Gasteiger partial charge is 0.417 e. The Labute approximate surface area is 173 Å². The number of carbonyl (C=O) groups is 1. The second-order valence-corrected chi connectivity index (χ2v) is 8.92. The van der Waals surface area contributed by atoms with Crippen molar-refractivity contribution >= 4 is 16.1 Å². The van der Waals surface area contributed by atoms with E-state index in [0.29, 0.717) is 6.54 Å². The minimum absolute atomic E-state index is 0.0700. The van der Waals surface area contributed by atoms with Crippen LogP contribution in [0.15, 0.2) is 59.5 Å². The van der Waals surface area contributed by atoms with Gasteiger partial charge in [0.1, 0.15) is 0 Å². The van der Waals surface area contributed by atoms with Crippen LogP contribution < -0.4 is 0 Å². The summed E-state index contributed by atoms with van der Waals surface area (Å²) < 4.78 is 66.4. The van der Waals surface area contributed by atoms with Gasteiger partial charge in [0.25, 0.3) is 0 Å². The van der Waals surface area contributed by atoms with Gasteiger partial charge in [-0.2, -0.15) is 17.5 Å². The third-order valence-electron chi connectivity index (χ3n) is 4.91. The van der Waals surface area contributed by atoms with E-state index in [9.17, 15) is 26.4 Å². The second-order valence-electron chi connectivity index (χ2n) is 7.01. The van der Waals surface area contributed by atoms with Gasteiger partial charge in [-0.15, -0.1) is 0 Å². The molecule has 0 N–H and O–H groups in total. The Morgan fingerprint density at radius 2 is 1.53 bits per heavy atom. The summed E-state index contributed by atoms with van der Waals surface area (Å²) in [5.74, 6) is 0. The Morgan fingerprint density at radius 3 is 2.13 bits per heavy atom. The lowest BCUT2D eigenvalue weighted by molar-refractivity contribution is -0.139. The first-order chi connectivity index (χ1) is 14.1. The second kappa shape index (κ2) is 8.65. The number of halogens is 3. The molecule has 30 heavy (non-hydrogen) atoms. The van der Waals surface area contributed by atoms with Crippen LogP contribution in [0, 0.1) is 0 Å². The van der Waals surface area contributed by atoms with E-state index in [-0.39, 0.29) is 32.2 Å². The van der Waals surface area contributed by atoms with Gasteiger partial charge in [-0.1, -0.05) is 42.5 Å². The summed E-state index contributed by atoms with van der Waals surface area (Å²) in [5.41, 5.74) is -0.232. The molecule has 0 spiro atoms. The maximum Gasteiger partial charge on any atom is 0.417 e. The van der Waals surface area contributed by atoms with Gasteiger partial charge in [0, 0.05) is 39.8 Å². The smallest absolute Gasteiger partial charge is 0.323 e. The number of piperazine rings is 1. The third kappa shape index (κ3) is 4.76. The van der Waals surface area contributed by atoms with E-state index >= 15 is 0 Å². The van der Waals surface area contributed by atoms with Gasteiger partial charge in [0.2, 0.25) is 10.0 Å².